The van der Waals surface area contributed by atoms with Gasteiger partial charge in [-0.15, -0.1) is 0 Å². The third kappa shape index (κ3) is 3.89. The van der Waals surface area contributed by atoms with Crippen LogP contribution in [0.3, 0.4) is 0 Å². The highest BCUT2D eigenvalue weighted by Gasteiger charge is 2.32. The number of para-hydroxylation sites is 1. The summed E-state index contributed by atoms with van der Waals surface area (Å²) < 4.78 is 0. The molecule has 2 amide bonds. The first-order chi connectivity index (χ1) is 10.1. The highest BCUT2D eigenvalue weighted by molar-refractivity contribution is 7.99. The van der Waals surface area contributed by atoms with Crippen molar-refractivity contribution in [1.82, 2.24) is 10.2 Å². The summed E-state index contributed by atoms with van der Waals surface area (Å²) >= 11 is 1.56. The van der Waals surface area contributed by atoms with Crippen LogP contribution in [0, 0.1) is 0 Å². The van der Waals surface area contributed by atoms with Crippen LogP contribution < -0.4 is 10.6 Å². The first kappa shape index (κ1) is 15.7. The van der Waals surface area contributed by atoms with Crippen molar-refractivity contribution < 1.29 is 14.7 Å². The van der Waals surface area contributed by atoms with E-state index in [0.717, 1.165) is 11.3 Å². The van der Waals surface area contributed by atoms with E-state index in [0.29, 0.717) is 24.5 Å². The largest absolute Gasteiger partial charge is 0.480 e. The molecule has 0 spiro atoms. The minimum Gasteiger partial charge on any atom is -0.480 e. The van der Waals surface area contributed by atoms with Crippen LogP contribution in [0.4, 0.5) is 10.5 Å². The molecule has 0 radical (unpaired) electrons. The summed E-state index contributed by atoms with van der Waals surface area (Å²) in [5, 5.41) is 15.1. The number of amides is 2. The fourth-order valence-corrected chi connectivity index (χ4v) is 3.26. The van der Waals surface area contributed by atoms with Gasteiger partial charge in [0.1, 0.15) is 6.04 Å². The number of nitrogens with zero attached hydrogens (tertiary/aromatic N) is 1. The lowest BCUT2D eigenvalue weighted by Crippen LogP contribution is -2.51. The SMILES string of the molecule is CNCc1ccccc1NC(=O)N1CCSCC1C(=O)O. The number of hydrogen-bond donors (Lipinski definition) is 3. The number of benzene rings is 1. The quantitative estimate of drug-likeness (QED) is 0.784. The Kier molecular flexibility index (Phi) is 5.46. The standard InChI is InChI=1S/C14H19N3O3S/c1-15-8-10-4-2-3-5-11(10)16-14(20)17-6-7-21-9-12(17)13(18)19/h2-5,12,15H,6-9H2,1H3,(H,16,20)(H,18,19). The third-order valence-electron chi connectivity index (χ3n) is 3.30. The summed E-state index contributed by atoms with van der Waals surface area (Å²) in [7, 11) is 1.83. The molecule has 21 heavy (non-hydrogen) atoms. The second-order valence-corrected chi connectivity index (χ2v) is 5.89. The van der Waals surface area contributed by atoms with Crippen LogP contribution in [-0.2, 0) is 11.3 Å². The summed E-state index contributed by atoms with van der Waals surface area (Å²) in [5.74, 6) is 0.233. The molecule has 1 fully saturated rings. The number of urea groups is 1. The Hall–Kier alpha value is -1.73. The predicted molar refractivity (Wildman–Crippen MR) is 83.7 cm³/mol. The second kappa shape index (κ2) is 7.33. The van der Waals surface area contributed by atoms with Gasteiger partial charge >= 0.3 is 12.0 Å². The minimum absolute atomic E-state index is 0.355. The number of carboxylic acid groups (broad SMARTS) is 1. The van der Waals surface area contributed by atoms with Gasteiger partial charge in [-0.3, -0.25) is 0 Å². The normalized spacial score (nSPS) is 18.3. The second-order valence-electron chi connectivity index (χ2n) is 4.74. The Morgan fingerprint density at radius 1 is 1.43 bits per heavy atom. The number of carbonyl (C=O) groups excluding carboxylic acids is 1. The van der Waals surface area contributed by atoms with Crippen LogP contribution in [0.15, 0.2) is 24.3 Å². The molecule has 1 aliphatic heterocycles. The fraction of sp³-hybridized carbons (Fsp3) is 0.429. The molecule has 1 heterocycles. The fourth-order valence-electron chi connectivity index (χ4n) is 2.23. The number of hydrogen-bond acceptors (Lipinski definition) is 4. The Morgan fingerprint density at radius 3 is 2.90 bits per heavy atom. The third-order valence-corrected chi connectivity index (χ3v) is 4.32. The first-order valence-electron chi connectivity index (χ1n) is 6.74. The molecule has 3 N–H and O–H groups in total. The summed E-state index contributed by atoms with van der Waals surface area (Å²) in [6.07, 6.45) is 0. The Balaban J connectivity index is 2.11. The van der Waals surface area contributed by atoms with Crippen LogP contribution >= 0.6 is 11.8 Å². The highest BCUT2D eigenvalue weighted by atomic mass is 32.2. The number of anilines is 1. The van der Waals surface area contributed by atoms with Crippen molar-refractivity contribution in [3.63, 3.8) is 0 Å². The molecule has 1 saturated heterocycles. The van der Waals surface area contributed by atoms with Crippen molar-refractivity contribution in [1.29, 1.82) is 0 Å². The van der Waals surface area contributed by atoms with Crippen LogP contribution in [0.1, 0.15) is 5.56 Å². The summed E-state index contributed by atoms with van der Waals surface area (Å²) in [6, 6.07) is 6.37. The molecule has 7 heteroatoms. The van der Waals surface area contributed by atoms with Gasteiger partial charge < -0.3 is 20.6 Å². The Bertz CT molecular complexity index is 524. The lowest BCUT2D eigenvalue weighted by Gasteiger charge is -2.32. The van der Waals surface area contributed by atoms with Crippen molar-refractivity contribution in [2.75, 3.05) is 30.4 Å². The van der Waals surface area contributed by atoms with Gasteiger partial charge in [0.15, 0.2) is 0 Å². The monoisotopic (exact) mass is 309 g/mol. The average Bonchev–Trinajstić information content (AvgIpc) is 2.49. The van der Waals surface area contributed by atoms with Crippen molar-refractivity contribution >= 4 is 29.4 Å². The zero-order valence-electron chi connectivity index (χ0n) is 11.8. The van der Waals surface area contributed by atoms with Crippen molar-refractivity contribution in [3.05, 3.63) is 29.8 Å². The van der Waals surface area contributed by atoms with Crippen molar-refractivity contribution in [2.24, 2.45) is 0 Å². The highest BCUT2D eigenvalue weighted by Crippen LogP contribution is 2.20. The average molecular weight is 309 g/mol. The molecule has 114 valence electrons. The minimum atomic E-state index is -0.958. The summed E-state index contributed by atoms with van der Waals surface area (Å²) in [5.41, 5.74) is 1.67. The van der Waals surface area contributed by atoms with E-state index >= 15 is 0 Å². The molecule has 1 aromatic carbocycles. The van der Waals surface area contributed by atoms with Crippen LogP contribution in [0.2, 0.25) is 0 Å². The van der Waals surface area contributed by atoms with Crippen LogP contribution in [-0.4, -0.2) is 53.1 Å². The van der Waals surface area contributed by atoms with Gasteiger partial charge in [0.25, 0.3) is 0 Å². The van der Waals surface area contributed by atoms with Gasteiger partial charge in [-0.05, 0) is 18.7 Å². The zero-order chi connectivity index (χ0) is 15.2. The van der Waals surface area contributed by atoms with E-state index in [1.54, 1.807) is 11.8 Å². The van der Waals surface area contributed by atoms with Crippen LogP contribution in [0.5, 0.6) is 0 Å². The molecule has 1 aliphatic rings. The lowest BCUT2D eigenvalue weighted by atomic mass is 10.2. The van der Waals surface area contributed by atoms with Crippen molar-refractivity contribution in [3.8, 4) is 0 Å². The van der Waals surface area contributed by atoms with Gasteiger partial charge in [-0.25, -0.2) is 9.59 Å². The smallest absolute Gasteiger partial charge is 0.327 e. The van der Waals surface area contributed by atoms with Crippen LogP contribution in [0.25, 0.3) is 0 Å². The maximum absolute atomic E-state index is 12.4. The van der Waals surface area contributed by atoms with Gasteiger partial charge in [0.05, 0.1) is 0 Å². The van der Waals surface area contributed by atoms with E-state index in [-0.39, 0.29) is 6.03 Å². The number of aliphatic carboxylic acids is 1. The Labute approximate surface area is 127 Å². The van der Waals surface area contributed by atoms with Crippen molar-refractivity contribution in [2.45, 2.75) is 12.6 Å². The van der Waals surface area contributed by atoms with E-state index < -0.39 is 12.0 Å². The van der Waals surface area contributed by atoms with E-state index in [4.69, 9.17) is 0 Å². The molecule has 1 aromatic rings. The molecular formula is C14H19N3O3S. The molecule has 0 saturated carbocycles. The number of nitrogens with one attached hydrogen (secondary N) is 2. The molecule has 1 atom stereocenters. The lowest BCUT2D eigenvalue weighted by molar-refractivity contribution is -0.141. The van der Waals surface area contributed by atoms with Gasteiger partial charge in [-0.1, -0.05) is 18.2 Å². The van der Waals surface area contributed by atoms with E-state index in [2.05, 4.69) is 10.6 Å². The maximum Gasteiger partial charge on any atom is 0.327 e. The molecule has 0 aromatic heterocycles. The number of thioether (sulfide) groups is 1. The van der Waals surface area contributed by atoms with E-state index in [9.17, 15) is 14.7 Å². The first-order valence-corrected chi connectivity index (χ1v) is 7.89. The number of rotatable bonds is 4. The van der Waals surface area contributed by atoms with Gasteiger partial charge in [-0.2, -0.15) is 11.8 Å². The van der Waals surface area contributed by atoms with E-state index in [1.165, 1.54) is 4.90 Å². The number of carboxylic acids is 1. The molecule has 0 aliphatic carbocycles. The van der Waals surface area contributed by atoms with E-state index in [1.807, 2.05) is 31.3 Å². The molecule has 1 unspecified atom stereocenters. The van der Waals surface area contributed by atoms with Gasteiger partial charge in [0.2, 0.25) is 0 Å². The molecule has 0 bridgehead atoms. The molecular weight excluding hydrogens is 290 g/mol. The maximum atomic E-state index is 12.4. The zero-order valence-corrected chi connectivity index (χ0v) is 12.7. The molecule has 6 nitrogen and oxygen atoms in total. The summed E-state index contributed by atoms with van der Waals surface area (Å²) in [6.45, 7) is 1.08. The Morgan fingerprint density at radius 2 is 2.19 bits per heavy atom. The number of carbonyl (C=O) groups is 2. The predicted octanol–water partition coefficient (Wildman–Crippen LogP) is 1.44. The summed E-state index contributed by atoms with van der Waals surface area (Å²) in [4.78, 5) is 25.0. The molecule has 2 rings (SSSR count). The van der Waals surface area contributed by atoms with Gasteiger partial charge in [0, 0.05) is 30.3 Å². The topological polar surface area (TPSA) is 81.7 Å².